The first-order valence-electron chi connectivity index (χ1n) is 4.43. The largest absolute Gasteiger partial charge is 0.627 e. The van der Waals surface area contributed by atoms with Crippen LogP contribution in [0.4, 0.5) is 5.69 Å². The van der Waals surface area contributed by atoms with Crippen molar-refractivity contribution in [2.24, 2.45) is 0 Å². The molecule has 12 heavy (non-hydrogen) atoms. The average molecular weight is 163 g/mol. The van der Waals surface area contributed by atoms with Gasteiger partial charge in [0.25, 0.3) is 0 Å². The topological polar surface area (TPSA) is 23.1 Å². The first kappa shape index (κ1) is 7.77. The van der Waals surface area contributed by atoms with Gasteiger partial charge in [-0.15, -0.1) is 0 Å². The van der Waals surface area contributed by atoms with Crippen molar-refractivity contribution in [3.05, 3.63) is 35.0 Å². The third-order valence-electron chi connectivity index (χ3n) is 2.68. The van der Waals surface area contributed by atoms with Crippen molar-refractivity contribution in [2.75, 3.05) is 13.1 Å². The number of fused-ring (bicyclic) bond motifs is 1. The van der Waals surface area contributed by atoms with Gasteiger partial charge in [0.15, 0.2) is 0 Å². The summed E-state index contributed by atoms with van der Waals surface area (Å²) >= 11 is 0. The van der Waals surface area contributed by atoms with Crippen molar-refractivity contribution in [2.45, 2.75) is 13.3 Å². The van der Waals surface area contributed by atoms with E-state index in [1.165, 1.54) is 5.56 Å². The lowest BCUT2D eigenvalue weighted by atomic mass is 10.2. The summed E-state index contributed by atoms with van der Waals surface area (Å²) in [6.45, 7) is 3.32. The molecule has 0 fully saturated rings. The van der Waals surface area contributed by atoms with Gasteiger partial charge < -0.3 is 9.85 Å². The molecule has 0 N–H and O–H groups in total. The van der Waals surface area contributed by atoms with Crippen LogP contribution in [0, 0.1) is 5.21 Å². The van der Waals surface area contributed by atoms with Crippen LogP contribution in [0.3, 0.4) is 0 Å². The number of para-hydroxylation sites is 1. The van der Waals surface area contributed by atoms with Gasteiger partial charge >= 0.3 is 0 Å². The molecule has 1 aromatic rings. The van der Waals surface area contributed by atoms with E-state index in [0.717, 1.165) is 18.7 Å². The monoisotopic (exact) mass is 163 g/mol. The van der Waals surface area contributed by atoms with Crippen LogP contribution >= 0.6 is 0 Å². The van der Waals surface area contributed by atoms with E-state index in [0.29, 0.717) is 6.54 Å². The summed E-state index contributed by atoms with van der Waals surface area (Å²) in [5, 5.41) is 12.0. The van der Waals surface area contributed by atoms with Crippen LogP contribution in [0.2, 0.25) is 0 Å². The normalized spacial score (nSPS) is 27.2. The Morgan fingerprint density at radius 2 is 2.17 bits per heavy atom. The van der Waals surface area contributed by atoms with Crippen LogP contribution in [0.5, 0.6) is 0 Å². The van der Waals surface area contributed by atoms with Crippen LogP contribution in [-0.4, -0.2) is 13.1 Å². The minimum atomic E-state index is -0.129. The second-order valence-electron chi connectivity index (χ2n) is 3.31. The van der Waals surface area contributed by atoms with Crippen LogP contribution in [0.15, 0.2) is 24.3 Å². The Hall–Kier alpha value is -0.860. The van der Waals surface area contributed by atoms with Gasteiger partial charge in [0.2, 0.25) is 0 Å². The summed E-state index contributed by atoms with van der Waals surface area (Å²) in [5.41, 5.74) is 2.20. The maximum atomic E-state index is 12.0. The van der Waals surface area contributed by atoms with Crippen molar-refractivity contribution in [3.63, 3.8) is 0 Å². The molecule has 0 amide bonds. The van der Waals surface area contributed by atoms with Crippen molar-refractivity contribution < 1.29 is 0 Å². The van der Waals surface area contributed by atoms with E-state index in [1.54, 1.807) is 0 Å². The lowest BCUT2D eigenvalue weighted by molar-refractivity contribution is 0.421. The molecule has 2 nitrogen and oxygen atoms in total. The molecule has 1 aliphatic rings. The molecule has 1 atom stereocenters. The number of hydrogen-bond acceptors (Lipinski definition) is 1. The van der Waals surface area contributed by atoms with Gasteiger partial charge in [-0.3, -0.25) is 0 Å². The minimum Gasteiger partial charge on any atom is -0.627 e. The second-order valence-corrected chi connectivity index (χ2v) is 3.31. The molecule has 0 bridgehead atoms. The number of rotatable bonds is 1. The quantitative estimate of drug-likeness (QED) is 0.459. The van der Waals surface area contributed by atoms with E-state index < -0.39 is 0 Å². The summed E-state index contributed by atoms with van der Waals surface area (Å²) in [7, 11) is 0. The maximum Gasteiger partial charge on any atom is 0.136 e. The molecule has 64 valence electrons. The van der Waals surface area contributed by atoms with Crippen LogP contribution in [-0.2, 0) is 6.42 Å². The smallest absolute Gasteiger partial charge is 0.136 e. The zero-order chi connectivity index (χ0) is 8.60. The summed E-state index contributed by atoms with van der Waals surface area (Å²) in [4.78, 5) is 0. The maximum absolute atomic E-state index is 12.0. The van der Waals surface area contributed by atoms with Gasteiger partial charge in [0.05, 0.1) is 13.1 Å². The Bertz CT molecular complexity index is 298. The van der Waals surface area contributed by atoms with Gasteiger partial charge in [-0.25, -0.2) is 0 Å². The van der Waals surface area contributed by atoms with Crippen LogP contribution < -0.4 is 4.65 Å². The SMILES string of the molecule is CC[N+]1([O-])CCc2ccccc21. The lowest BCUT2D eigenvalue weighted by Gasteiger charge is -2.37. The fourth-order valence-electron chi connectivity index (χ4n) is 1.87. The van der Waals surface area contributed by atoms with Gasteiger partial charge in [-0.2, -0.15) is 0 Å². The molecule has 0 aliphatic carbocycles. The van der Waals surface area contributed by atoms with E-state index in [1.807, 2.05) is 25.1 Å². The molecule has 1 unspecified atom stereocenters. The highest BCUT2D eigenvalue weighted by molar-refractivity contribution is 5.54. The molecule has 0 spiro atoms. The molecule has 1 aliphatic heterocycles. The first-order chi connectivity index (χ1) is 5.76. The van der Waals surface area contributed by atoms with E-state index >= 15 is 0 Å². The number of hydrogen-bond donors (Lipinski definition) is 0. The lowest BCUT2D eigenvalue weighted by Crippen LogP contribution is -2.40. The van der Waals surface area contributed by atoms with E-state index in [-0.39, 0.29) is 4.65 Å². The molecular formula is C10H13NO. The average Bonchev–Trinajstić information content (AvgIpc) is 2.46. The van der Waals surface area contributed by atoms with E-state index in [9.17, 15) is 5.21 Å². The van der Waals surface area contributed by atoms with Crippen LogP contribution in [0.25, 0.3) is 0 Å². The Kier molecular flexibility index (Phi) is 1.67. The van der Waals surface area contributed by atoms with Gasteiger partial charge in [-0.1, -0.05) is 18.2 Å². The molecule has 2 heteroatoms. The summed E-state index contributed by atoms with van der Waals surface area (Å²) < 4.78 is -0.129. The summed E-state index contributed by atoms with van der Waals surface area (Å²) in [6, 6.07) is 7.97. The summed E-state index contributed by atoms with van der Waals surface area (Å²) in [5.74, 6) is 0. The highest BCUT2D eigenvalue weighted by atomic mass is 16.5. The highest BCUT2D eigenvalue weighted by Crippen LogP contribution is 2.32. The Balaban J connectivity index is 2.49. The third kappa shape index (κ3) is 0.958. The number of benzene rings is 1. The van der Waals surface area contributed by atoms with Crippen molar-refractivity contribution in [3.8, 4) is 0 Å². The van der Waals surface area contributed by atoms with E-state index in [2.05, 4.69) is 6.07 Å². The molecule has 0 radical (unpaired) electrons. The first-order valence-corrected chi connectivity index (χ1v) is 4.43. The number of nitrogens with zero attached hydrogens (tertiary/aromatic N) is 1. The van der Waals surface area contributed by atoms with Gasteiger partial charge in [0, 0.05) is 12.0 Å². The molecule has 0 saturated carbocycles. The van der Waals surface area contributed by atoms with Crippen LogP contribution in [0.1, 0.15) is 12.5 Å². The molecule has 1 aromatic carbocycles. The minimum absolute atomic E-state index is 0.129. The number of hydroxylamine groups is 2. The fourth-order valence-corrected chi connectivity index (χ4v) is 1.87. The predicted molar refractivity (Wildman–Crippen MR) is 50.7 cm³/mol. The Morgan fingerprint density at radius 1 is 1.42 bits per heavy atom. The van der Waals surface area contributed by atoms with E-state index in [4.69, 9.17) is 0 Å². The molecule has 0 saturated heterocycles. The Labute approximate surface area is 72.6 Å². The van der Waals surface area contributed by atoms with Crippen molar-refractivity contribution in [1.82, 2.24) is 4.65 Å². The second kappa shape index (κ2) is 2.57. The van der Waals surface area contributed by atoms with Gasteiger partial charge in [-0.05, 0) is 13.0 Å². The molecular weight excluding hydrogens is 150 g/mol. The molecule has 0 aromatic heterocycles. The van der Waals surface area contributed by atoms with Crippen molar-refractivity contribution >= 4 is 5.69 Å². The van der Waals surface area contributed by atoms with Crippen molar-refractivity contribution in [1.29, 1.82) is 0 Å². The zero-order valence-electron chi connectivity index (χ0n) is 7.29. The fraction of sp³-hybridized carbons (Fsp3) is 0.400. The standard InChI is InChI=1S/C10H13NO/c1-2-11(12)8-7-9-5-3-4-6-10(9)11/h3-6H,2,7-8H2,1H3. The highest BCUT2D eigenvalue weighted by Gasteiger charge is 2.27. The van der Waals surface area contributed by atoms with Gasteiger partial charge in [0.1, 0.15) is 5.69 Å². The summed E-state index contributed by atoms with van der Waals surface area (Å²) in [6.07, 6.45) is 0.938. The third-order valence-corrected chi connectivity index (χ3v) is 2.68. The molecule has 2 rings (SSSR count). The molecule has 1 heterocycles. The number of likely N-dealkylation sites (N-methyl/N-ethyl adjacent to an activating group) is 1. The number of quaternary nitrogens is 1. The predicted octanol–water partition coefficient (Wildman–Crippen LogP) is 2.07. The zero-order valence-corrected chi connectivity index (χ0v) is 7.29. The Morgan fingerprint density at radius 3 is 2.92 bits per heavy atom.